The number of imidazole rings is 1. The average Bonchev–Trinajstić information content (AvgIpc) is 2.70. The molecule has 19 heavy (non-hydrogen) atoms. The third-order valence-corrected chi connectivity index (χ3v) is 3.48. The molecule has 1 N–H and O–H groups in total. The first-order valence-corrected chi connectivity index (χ1v) is 7.15. The first-order chi connectivity index (χ1) is 9.10. The highest BCUT2D eigenvalue weighted by molar-refractivity contribution is 9.10. The van der Waals surface area contributed by atoms with E-state index in [1.807, 2.05) is 13.1 Å². The number of hydrogen-bond donors (Lipinski definition) is 1. The van der Waals surface area contributed by atoms with Crippen LogP contribution in [-0.4, -0.2) is 9.55 Å². The molecule has 0 radical (unpaired) electrons. The van der Waals surface area contributed by atoms with Crippen molar-refractivity contribution in [2.45, 2.75) is 33.2 Å². The molecule has 0 saturated heterocycles. The van der Waals surface area contributed by atoms with Crippen LogP contribution in [0.2, 0.25) is 0 Å². The smallest absolute Gasteiger partial charge is 0.207 e. The summed E-state index contributed by atoms with van der Waals surface area (Å²) in [5, 5.41) is 3.24. The van der Waals surface area contributed by atoms with Gasteiger partial charge in [0, 0.05) is 17.2 Å². The van der Waals surface area contributed by atoms with Gasteiger partial charge in [-0.2, -0.15) is 0 Å². The minimum atomic E-state index is -0.261. The Morgan fingerprint density at radius 2 is 2.21 bits per heavy atom. The van der Waals surface area contributed by atoms with E-state index >= 15 is 0 Å². The maximum atomic E-state index is 13.1. The summed E-state index contributed by atoms with van der Waals surface area (Å²) in [6.45, 7) is 5.05. The van der Waals surface area contributed by atoms with E-state index in [2.05, 4.69) is 37.7 Å². The molecule has 0 aliphatic carbocycles. The van der Waals surface area contributed by atoms with Gasteiger partial charge in [0.15, 0.2) is 0 Å². The summed E-state index contributed by atoms with van der Waals surface area (Å²) in [4.78, 5) is 4.46. The van der Waals surface area contributed by atoms with Crippen molar-refractivity contribution in [3.63, 3.8) is 0 Å². The van der Waals surface area contributed by atoms with E-state index in [1.54, 1.807) is 6.07 Å². The van der Waals surface area contributed by atoms with E-state index < -0.39 is 0 Å². The fraction of sp³-hybridized carbons (Fsp3) is 0.357. The molecule has 0 aliphatic rings. The standard InChI is InChI=1S/C14H17BrFN3/c1-3-4-7-19-9-10(2)17-14(19)18-13-6-5-11(16)8-12(13)15/h5-6,8-9H,3-4,7H2,1-2H3,(H,17,18). The molecule has 0 atom stereocenters. The summed E-state index contributed by atoms with van der Waals surface area (Å²) in [6, 6.07) is 4.57. The molecule has 1 aromatic carbocycles. The minimum absolute atomic E-state index is 0.261. The summed E-state index contributed by atoms with van der Waals surface area (Å²) in [7, 11) is 0. The topological polar surface area (TPSA) is 29.9 Å². The van der Waals surface area contributed by atoms with Gasteiger partial charge in [-0.3, -0.25) is 0 Å². The number of hydrogen-bond acceptors (Lipinski definition) is 2. The van der Waals surface area contributed by atoms with E-state index in [0.29, 0.717) is 4.47 Å². The molecule has 0 amide bonds. The Morgan fingerprint density at radius 3 is 2.89 bits per heavy atom. The van der Waals surface area contributed by atoms with Crippen molar-refractivity contribution in [1.29, 1.82) is 0 Å². The van der Waals surface area contributed by atoms with Gasteiger partial charge in [0.05, 0.1) is 11.4 Å². The Bertz CT molecular complexity index is 566. The number of unbranched alkanes of at least 4 members (excludes halogenated alkanes) is 1. The van der Waals surface area contributed by atoms with Crippen LogP contribution in [0.3, 0.4) is 0 Å². The van der Waals surface area contributed by atoms with E-state index in [9.17, 15) is 4.39 Å². The van der Waals surface area contributed by atoms with Crippen LogP contribution < -0.4 is 5.32 Å². The highest BCUT2D eigenvalue weighted by Gasteiger charge is 2.08. The number of rotatable bonds is 5. The second kappa shape index (κ2) is 6.19. The van der Waals surface area contributed by atoms with Crippen LogP contribution >= 0.6 is 15.9 Å². The van der Waals surface area contributed by atoms with Gasteiger partial charge >= 0.3 is 0 Å². The van der Waals surface area contributed by atoms with E-state index in [1.165, 1.54) is 12.1 Å². The summed E-state index contributed by atoms with van der Waals surface area (Å²) in [5.74, 6) is 0.529. The van der Waals surface area contributed by atoms with Crippen molar-refractivity contribution < 1.29 is 4.39 Å². The number of nitrogens with one attached hydrogen (secondary N) is 1. The van der Waals surface area contributed by atoms with Gasteiger partial charge in [-0.15, -0.1) is 0 Å². The summed E-state index contributed by atoms with van der Waals surface area (Å²) < 4.78 is 15.8. The van der Waals surface area contributed by atoms with Gasteiger partial charge in [-0.25, -0.2) is 9.37 Å². The largest absolute Gasteiger partial charge is 0.325 e. The molecular weight excluding hydrogens is 309 g/mol. The summed E-state index contributed by atoms with van der Waals surface area (Å²) in [5.41, 5.74) is 1.78. The van der Waals surface area contributed by atoms with Crippen LogP contribution in [0.15, 0.2) is 28.9 Å². The Balaban J connectivity index is 2.22. The van der Waals surface area contributed by atoms with Crippen molar-refractivity contribution in [3.8, 4) is 0 Å². The maximum absolute atomic E-state index is 13.1. The molecule has 1 aromatic heterocycles. The number of anilines is 2. The second-order valence-electron chi connectivity index (χ2n) is 4.50. The van der Waals surface area contributed by atoms with Crippen LogP contribution in [0.5, 0.6) is 0 Å². The molecule has 2 aromatic rings. The van der Waals surface area contributed by atoms with Gasteiger partial charge in [0.1, 0.15) is 5.82 Å². The number of nitrogens with zero attached hydrogens (tertiary/aromatic N) is 2. The fourth-order valence-electron chi connectivity index (χ4n) is 1.86. The van der Waals surface area contributed by atoms with Crippen LogP contribution in [0.1, 0.15) is 25.5 Å². The predicted molar refractivity (Wildman–Crippen MR) is 79.3 cm³/mol. The molecule has 0 bridgehead atoms. The number of halogens is 2. The second-order valence-corrected chi connectivity index (χ2v) is 5.36. The number of aromatic nitrogens is 2. The highest BCUT2D eigenvalue weighted by atomic mass is 79.9. The Labute approximate surface area is 121 Å². The zero-order valence-corrected chi connectivity index (χ0v) is 12.7. The quantitative estimate of drug-likeness (QED) is 0.868. The van der Waals surface area contributed by atoms with Gasteiger partial charge < -0.3 is 9.88 Å². The van der Waals surface area contributed by atoms with E-state index in [4.69, 9.17) is 0 Å². The van der Waals surface area contributed by atoms with Gasteiger partial charge in [-0.1, -0.05) is 13.3 Å². The van der Waals surface area contributed by atoms with E-state index in [0.717, 1.165) is 36.7 Å². The number of aryl methyl sites for hydroxylation is 2. The van der Waals surface area contributed by atoms with Crippen molar-refractivity contribution >= 4 is 27.6 Å². The summed E-state index contributed by atoms with van der Waals surface area (Å²) in [6.07, 6.45) is 4.27. The van der Waals surface area contributed by atoms with Crippen molar-refractivity contribution in [3.05, 3.63) is 40.4 Å². The van der Waals surface area contributed by atoms with Crippen molar-refractivity contribution in [1.82, 2.24) is 9.55 Å². The molecule has 1 heterocycles. The van der Waals surface area contributed by atoms with Gasteiger partial charge in [0.25, 0.3) is 0 Å². The van der Waals surface area contributed by atoms with Gasteiger partial charge in [0.2, 0.25) is 5.95 Å². The first kappa shape index (κ1) is 14.1. The maximum Gasteiger partial charge on any atom is 0.207 e. The lowest BCUT2D eigenvalue weighted by molar-refractivity contribution is 0.627. The van der Waals surface area contributed by atoms with E-state index in [-0.39, 0.29) is 5.82 Å². The van der Waals surface area contributed by atoms with Crippen molar-refractivity contribution in [2.24, 2.45) is 0 Å². The lowest BCUT2D eigenvalue weighted by atomic mass is 10.3. The number of benzene rings is 1. The van der Waals surface area contributed by atoms with Gasteiger partial charge in [-0.05, 0) is 47.5 Å². The zero-order valence-electron chi connectivity index (χ0n) is 11.1. The summed E-state index contributed by atoms with van der Waals surface area (Å²) >= 11 is 3.35. The SMILES string of the molecule is CCCCn1cc(C)nc1Nc1ccc(F)cc1Br. The average molecular weight is 326 g/mol. The molecule has 0 spiro atoms. The van der Waals surface area contributed by atoms with Crippen LogP contribution in [-0.2, 0) is 6.54 Å². The Kier molecular flexibility index (Phi) is 4.58. The zero-order chi connectivity index (χ0) is 13.8. The van der Waals surface area contributed by atoms with Crippen molar-refractivity contribution in [2.75, 3.05) is 5.32 Å². The molecule has 5 heteroatoms. The minimum Gasteiger partial charge on any atom is -0.325 e. The Morgan fingerprint density at radius 1 is 1.42 bits per heavy atom. The normalized spacial score (nSPS) is 10.7. The molecule has 0 aliphatic heterocycles. The third-order valence-electron chi connectivity index (χ3n) is 2.83. The fourth-order valence-corrected chi connectivity index (χ4v) is 2.31. The molecule has 0 saturated carbocycles. The molecule has 102 valence electrons. The molecule has 0 unspecified atom stereocenters. The highest BCUT2D eigenvalue weighted by Crippen LogP contribution is 2.26. The Hall–Kier alpha value is -1.36. The molecule has 0 fully saturated rings. The van der Waals surface area contributed by atoms with Crippen LogP contribution in [0.4, 0.5) is 16.0 Å². The molecule has 3 nitrogen and oxygen atoms in total. The molecule has 2 rings (SSSR count). The monoisotopic (exact) mass is 325 g/mol. The third kappa shape index (κ3) is 3.56. The predicted octanol–water partition coefficient (Wildman–Crippen LogP) is 4.64. The lowest BCUT2D eigenvalue weighted by Gasteiger charge is -2.10. The lowest BCUT2D eigenvalue weighted by Crippen LogP contribution is -2.03. The first-order valence-electron chi connectivity index (χ1n) is 6.36. The van der Waals surface area contributed by atoms with Crippen LogP contribution in [0.25, 0.3) is 0 Å². The molecular formula is C14H17BrFN3. The van der Waals surface area contributed by atoms with Crippen LogP contribution in [0, 0.1) is 12.7 Å².